The van der Waals surface area contributed by atoms with Crippen LogP contribution in [0.5, 0.6) is 0 Å². The van der Waals surface area contributed by atoms with Gasteiger partial charge in [0, 0.05) is 23.7 Å². The minimum Gasteiger partial charge on any atom is -0.378 e. The van der Waals surface area contributed by atoms with Crippen LogP contribution in [0.2, 0.25) is 0 Å². The van der Waals surface area contributed by atoms with E-state index in [9.17, 15) is 0 Å². The fraction of sp³-hybridized carbons (Fsp3) is 1.00. The third kappa shape index (κ3) is 18.6. The summed E-state index contributed by atoms with van der Waals surface area (Å²) in [5.41, 5.74) is 1.22. The highest BCUT2D eigenvalue weighted by Crippen LogP contribution is 2.40. The lowest BCUT2D eigenvalue weighted by atomic mass is 9.79. The Morgan fingerprint density at radius 3 is 0.514 bits per heavy atom. The van der Waals surface area contributed by atoms with Gasteiger partial charge in [-0.15, -0.1) is 0 Å². The summed E-state index contributed by atoms with van der Waals surface area (Å²) in [4.78, 5) is 0. The van der Waals surface area contributed by atoms with E-state index in [1.807, 2.05) is 23.5 Å². The lowest BCUT2D eigenvalue weighted by molar-refractivity contribution is -0.0620. The highest BCUT2D eigenvalue weighted by molar-refractivity contribution is 8.00. The maximum atomic E-state index is 5.30. The Kier molecular flexibility index (Phi) is 21.5. The molecule has 0 aliphatic rings. The van der Waals surface area contributed by atoms with E-state index in [4.69, 9.17) is 9.47 Å². The first-order valence-electron chi connectivity index (χ1n) is 13.4. The first-order chi connectivity index (χ1) is 15.2. The summed E-state index contributed by atoms with van der Waals surface area (Å²) < 4.78 is 11.4. The van der Waals surface area contributed by atoms with Gasteiger partial charge >= 0.3 is 0 Å². The third-order valence-corrected chi connectivity index (χ3v) is 12.5. The highest BCUT2D eigenvalue weighted by Gasteiger charge is 2.33. The van der Waals surface area contributed by atoms with Crippen LogP contribution >= 0.6 is 23.5 Å². The SMILES string of the molecule is C.COC(C)(C)C(C)(C)C.COC(C)(C)C(C)(C)C.CSC(C)(C)C(C)(C)C.CSC(C)(C)C(C)(C)C. The summed E-state index contributed by atoms with van der Waals surface area (Å²) in [5, 5.41) is 0. The molecule has 0 aromatic carbocycles. The number of hydrogen-bond donors (Lipinski definition) is 0. The molecule has 2 nitrogen and oxygen atoms in total. The van der Waals surface area contributed by atoms with Crippen molar-refractivity contribution in [2.45, 2.75) is 167 Å². The molecule has 232 valence electrons. The van der Waals surface area contributed by atoms with Crippen LogP contribution in [0.25, 0.3) is 0 Å². The van der Waals surface area contributed by atoms with Crippen molar-refractivity contribution in [3.63, 3.8) is 0 Å². The molecule has 0 amide bonds. The smallest absolute Gasteiger partial charge is 0.0670 e. The molecule has 0 saturated carbocycles. The predicted molar refractivity (Wildman–Crippen MR) is 182 cm³/mol. The van der Waals surface area contributed by atoms with Gasteiger partial charge in [-0.1, -0.05) is 118 Å². The molecule has 0 fully saturated rings. The topological polar surface area (TPSA) is 18.5 Å². The van der Waals surface area contributed by atoms with Crippen molar-refractivity contribution in [1.82, 2.24) is 0 Å². The van der Waals surface area contributed by atoms with Gasteiger partial charge in [0.05, 0.1) is 11.2 Å². The van der Waals surface area contributed by atoms with Crippen molar-refractivity contribution in [2.75, 3.05) is 26.7 Å². The highest BCUT2D eigenvalue weighted by atomic mass is 32.2. The molecule has 0 rings (SSSR count). The summed E-state index contributed by atoms with van der Waals surface area (Å²) in [5.74, 6) is 0. The Balaban J connectivity index is -0.000000122. The first kappa shape index (κ1) is 47.4. The van der Waals surface area contributed by atoms with Crippen molar-refractivity contribution in [2.24, 2.45) is 21.7 Å². The maximum absolute atomic E-state index is 5.30. The molecule has 0 radical (unpaired) electrons. The van der Waals surface area contributed by atoms with E-state index < -0.39 is 0 Å². The second kappa shape index (κ2) is 16.8. The summed E-state index contributed by atoms with van der Waals surface area (Å²) in [6.07, 6.45) is 4.34. The Labute approximate surface area is 247 Å². The standard InChI is InChI=1S/2C8H18O.2C8H18S.CH4/c4*1-7(2,3)8(4,5)9-6;/h4*1-6H3;1H4. The molecular formula is C33H76O2S2. The molecule has 0 saturated heterocycles. The fourth-order valence-electron chi connectivity index (χ4n) is 1.22. The molecule has 0 aromatic heterocycles. The summed E-state index contributed by atoms with van der Waals surface area (Å²) in [6, 6.07) is 0. The van der Waals surface area contributed by atoms with Gasteiger partial charge in [0.15, 0.2) is 0 Å². The van der Waals surface area contributed by atoms with Gasteiger partial charge in [-0.2, -0.15) is 23.5 Å². The molecular weight excluding hydrogens is 492 g/mol. The molecule has 0 aromatic rings. The zero-order chi connectivity index (χ0) is 30.8. The number of methoxy groups -OCH3 is 2. The minimum atomic E-state index is -0.0208. The normalized spacial score (nSPS) is 13.6. The van der Waals surface area contributed by atoms with Crippen LogP contribution in [0, 0.1) is 21.7 Å². The fourth-order valence-corrected chi connectivity index (χ4v) is 2.45. The third-order valence-electron chi connectivity index (χ3n) is 9.27. The molecule has 0 atom stereocenters. The number of rotatable bonds is 4. The lowest BCUT2D eigenvalue weighted by Gasteiger charge is -2.37. The van der Waals surface area contributed by atoms with Crippen LogP contribution < -0.4 is 0 Å². The van der Waals surface area contributed by atoms with Crippen molar-refractivity contribution >= 4 is 23.5 Å². The molecule has 0 heterocycles. The van der Waals surface area contributed by atoms with E-state index >= 15 is 0 Å². The average molecular weight is 569 g/mol. The van der Waals surface area contributed by atoms with E-state index in [2.05, 4.69) is 151 Å². The predicted octanol–water partition coefficient (Wildman–Crippen LogP) is 11.9. The van der Waals surface area contributed by atoms with Gasteiger partial charge in [-0.25, -0.2) is 0 Å². The first-order valence-corrected chi connectivity index (χ1v) is 15.9. The van der Waals surface area contributed by atoms with Crippen molar-refractivity contribution < 1.29 is 9.47 Å². The molecule has 0 aliphatic carbocycles. The van der Waals surface area contributed by atoms with Gasteiger partial charge in [-0.3, -0.25) is 0 Å². The summed E-state index contributed by atoms with van der Waals surface area (Å²) in [7, 11) is 3.51. The van der Waals surface area contributed by atoms with E-state index in [0.29, 0.717) is 20.3 Å². The van der Waals surface area contributed by atoms with E-state index in [0.717, 1.165) is 0 Å². The van der Waals surface area contributed by atoms with Crippen LogP contribution in [0.4, 0.5) is 0 Å². The molecule has 0 aliphatic heterocycles. The second-order valence-electron chi connectivity index (χ2n) is 15.9. The Morgan fingerprint density at radius 2 is 0.514 bits per heavy atom. The average Bonchev–Trinajstić information content (AvgIpc) is 2.65. The zero-order valence-electron chi connectivity index (χ0n) is 29.6. The molecule has 0 unspecified atom stereocenters. The molecule has 0 N–H and O–H groups in total. The zero-order valence-corrected chi connectivity index (χ0v) is 31.3. The van der Waals surface area contributed by atoms with E-state index in [1.165, 1.54) is 0 Å². The number of hydrogen-bond acceptors (Lipinski definition) is 4. The largest absolute Gasteiger partial charge is 0.378 e. The maximum Gasteiger partial charge on any atom is 0.0670 e. The van der Waals surface area contributed by atoms with Gasteiger partial charge in [-0.05, 0) is 61.9 Å². The monoisotopic (exact) mass is 569 g/mol. The quantitative estimate of drug-likeness (QED) is 0.335. The lowest BCUT2D eigenvalue weighted by Crippen LogP contribution is -2.38. The van der Waals surface area contributed by atoms with Crippen molar-refractivity contribution in [3.8, 4) is 0 Å². The Bertz CT molecular complexity index is 457. The Hall–Kier alpha value is 0.620. The Morgan fingerprint density at radius 1 is 0.351 bits per heavy atom. The molecule has 0 spiro atoms. The van der Waals surface area contributed by atoms with Crippen LogP contribution in [-0.2, 0) is 9.47 Å². The van der Waals surface area contributed by atoms with Crippen molar-refractivity contribution in [1.29, 1.82) is 0 Å². The van der Waals surface area contributed by atoms with Crippen molar-refractivity contribution in [3.05, 3.63) is 0 Å². The van der Waals surface area contributed by atoms with E-state index in [-0.39, 0.29) is 29.5 Å². The number of ether oxygens (including phenoxy) is 2. The van der Waals surface area contributed by atoms with Gasteiger partial charge in [0.25, 0.3) is 0 Å². The number of thioether (sulfide) groups is 2. The minimum absolute atomic E-state index is 0. The summed E-state index contributed by atoms with van der Waals surface area (Å²) in [6.45, 7) is 44.3. The van der Waals surface area contributed by atoms with Gasteiger partial charge < -0.3 is 9.47 Å². The molecule has 4 heteroatoms. The van der Waals surface area contributed by atoms with Crippen LogP contribution in [-0.4, -0.2) is 47.4 Å². The second-order valence-corrected chi connectivity index (χ2v) is 18.7. The molecule has 0 bridgehead atoms. The van der Waals surface area contributed by atoms with Gasteiger partial charge in [0.2, 0.25) is 0 Å². The van der Waals surface area contributed by atoms with Gasteiger partial charge in [0.1, 0.15) is 0 Å². The van der Waals surface area contributed by atoms with E-state index in [1.54, 1.807) is 14.2 Å². The summed E-state index contributed by atoms with van der Waals surface area (Å²) >= 11 is 3.87. The van der Waals surface area contributed by atoms with Crippen LogP contribution in [0.3, 0.4) is 0 Å². The van der Waals surface area contributed by atoms with Crippen LogP contribution in [0.15, 0.2) is 0 Å². The molecule has 37 heavy (non-hydrogen) atoms. The van der Waals surface area contributed by atoms with Crippen LogP contribution in [0.1, 0.15) is 146 Å².